The predicted octanol–water partition coefficient (Wildman–Crippen LogP) is 0.951. The molecule has 0 spiro atoms. The standard InChI is InChI=1S/C14H24N4O/c1-2-19-13-5-3-7-16-14(13)18-9-4-8-17(10-6-15)11-12-18/h3,5,7H,2,4,6,8-12,15H2,1H3. The van der Waals surface area contributed by atoms with Crippen LogP contribution in [0.15, 0.2) is 18.3 Å². The number of nitrogens with two attached hydrogens (primary N) is 1. The Labute approximate surface area is 115 Å². The Bertz CT molecular complexity index is 385. The first-order valence-electron chi connectivity index (χ1n) is 7.10. The highest BCUT2D eigenvalue weighted by Gasteiger charge is 2.18. The smallest absolute Gasteiger partial charge is 0.171 e. The second-order valence-electron chi connectivity index (χ2n) is 4.73. The van der Waals surface area contributed by atoms with Gasteiger partial charge in [0.05, 0.1) is 6.61 Å². The van der Waals surface area contributed by atoms with Crippen LogP contribution >= 0.6 is 0 Å². The maximum Gasteiger partial charge on any atom is 0.171 e. The van der Waals surface area contributed by atoms with Crippen molar-refractivity contribution in [1.29, 1.82) is 0 Å². The zero-order chi connectivity index (χ0) is 13.5. The quantitative estimate of drug-likeness (QED) is 0.858. The molecule has 0 saturated carbocycles. The molecule has 0 atom stereocenters. The van der Waals surface area contributed by atoms with E-state index in [9.17, 15) is 0 Å². The summed E-state index contributed by atoms with van der Waals surface area (Å²) in [6, 6.07) is 3.92. The first kappa shape index (κ1) is 14.1. The highest BCUT2D eigenvalue weighted by Crippen LogP contribution is 2.26. The van der Waals surface area contributed by atoms with Crippen molar-refractivity contribution in [2.24, 2.45) is 5.73 Å². The number of pyridine rings is 1. The van der Waals surface area contributed by atoms with E-state index in [1.807, 2.05) is 25.3 Å². The molecule has 5 heteroatoms. The van der Waals surface area contributed by atoms with Gasteiger partial charge in [-0.25, -0.2) is 4.98 Å². The van der Waals surface area contributed by atoms with Gasteiger partial charge in [-0.1, -0.05) is 0 Å². The third kappa shape index (κ3) is 3.81. The monoisotopic (exact) mass is 264 g/mol. The van der Waals surface area contributed by atoms with Crippen LogP contribution in [-0.4, -0.2) is 55.8 Å². The number of hydrogen-bond donors (Lipinski definition) is 1. The minimum Gasteiger partial charge on any atom is -0.490 e. The number of nitrogens with zero attached hydrogens (tertiary/aromatic N) is 3. The van der Waals surface area contributed by atoms with E-state index in [1.165, 1.54) is 0 Å². The molecule has 2 N–H and O–H groups in total. The number of anilines is 1. The maximum atomic E-state index is 5.67. The molecule has 1 aliphatic heterocycles. The van der Waals surface area contributed by atoms with Crippen molar-refractivity contribution in [3.05, 3.63) is 18.3 Å². The Morgan fingerprint density at radius 2 is 2.21 bits per heavy atom. The summed E-state index contributed by atoms with van der Waals surface area (Å²) in [4.78, 5) is 9.23. The van der Waals surface area contributed by atoms with E-state index in [0.717, 1.165) is 57.3 Å². The largest absolute Gasteiger partial charge is 0.490 e. The van der Waals surface area contributed by atoms with Crippen molar-refractivity contribution in [2.45, 2.75) is 13.3 Å². The first-order valence-corrected chi connectivity index (χ1v) is 7.10. The Balaban J connectivity index is 2.05. The van der Waals surface area contributed by atoms with Gasteiger partial charge in [0.15, 0.2) is 11.6 Å². The fraction of sp³-hybridized carbons (Fsp3) is 0.643. The van der Waals surface area contributed by atoms with Gasteiger partial charge in [0.2, 0.25) is 0 Å². The summed E-state index contributed by atoms with van der Waals surface area (Å²) in [5.41, 5.74) is 5.63. The highest BCUT2D eigenvalue weighted by molar-refractivity contribution is 5.52. The summed E-state index contributed by atoms with van der Waals surface area (Å²) in [6.07, 6.45) is 2.97. The topological polar surface area (TPSA) is 54.6 Å². The molecule has 5 nitrogen and oxygen atoms in total. The van der Waals surface area contributed by atoms with Gasteiger partial charge in [0.1, 0.15) is 0 Å². The van der Waals surface area contributed by atoms with E-state index < -0.39 is 0 Å². The van der Waals surface area contributed by atoms with E-state index in [2.05, 4.69) is 14.8 Å². The van der Waals surface area contributed by atoms with Crippen molar-refractivity contribution in [3.8, 4) is 5.75 Å². The molecule has 106 valence electrons. The Morgan fingerprint density at radius 3 is 3.00 bits per heavy atom. The lowest BCUT2D eigenvalue weighted by atomic mass is 10.3. The molecule has 0 aromatic carbocycles. The summed E-state index contributed by atoms with van der Waals surface area (Å²) in [6.45, 7) is 8.55. The van der Waals surface area contributed by atoms with Gasteiger partial charge in [0, 0.05) is 38.9 Å². The van der Waals surface area contributed by atoms with E-state index >= 15 is 0 Å². The summed E-state index contributed by atoms with van der Waals surface area (Å²) >= 11 is 0. The molecule has 1 fully saturated rings. The van der Waals surface area contributed by atoms with Crippen LogP contribution in [-0.2, 0) is 0 Å². The zero-order valence-corrected chi connectivity index (χ0v) is 11.7. The van der Waals surface area contributed by atoms with Crippen LogP contribution in [0.5, 0.6) is 5.75 Å². The van der Waals surface area contributed by atoms with Gasteiger partial charge in [-0.3, -0.25) is 0 Å². The van der Waals surface area contributed by atoms with Crippen LogP contribution in [0.4, 0.5) is 5.82 Å². The van der Waals surface area contributed by atoms with Crippen LogP contribution < -0.4 is 15.4 Å². The summed E-state index contributed by atoms with van der Waals surface area (Å²) < 4.78 is 5.67. The van der Waals surface area contributed by atoms with Crippen molar-refractivity contribution in [2.75, 3.05) is 50.8 Å². The van der Waals surface area contributed by atoms with Crippen LogP contribution in [0, 0.1) is 0 Å². The van der Waals surface area contributed by atoms with Crippen molar-refractivity contribution in [1.82, 2.24) is 9.88 Å². The highest BCUT2D eigenvalue weighted by atomic mass is 16.5. The Kier molecular flexibility index (Phi) is 5.42. The average Bonchev–Trinajstić information content (AvgIpc) is 2.66. The van der Waals surface area contributed by atoms with Gasteiger partial charge in [0.25, 0.3) is 0 Å². The van der Waals surface area contributed by atoms with Crippen molar-refractivity contribution < 1.29 is 4.74 Å². The van der Waals surface area contributed by atoms with Gasteiger partial charge in [-0.15, -0.1) is 0 Å². The zero-order valence-electron chi connectivity index (χ0n) is 11.7. The molecule has 1 saturated heterocycles. The minimum absolute atomic E-state index is 0.672. The fourth-order valence-corrected chi connectivity index (χ4v) is 2.48. The molecule has 0 amide bonds. The van der Waals surface area contributed by atoms with E-state index in [1.54, 1.807) is 0 Å². The lowest BCUT2D eigenvalue weighted by Gasteiger charge is -2.24. The molecule has 2 heterocycles. The number of rotatable bonds is 5. The molecular weight excluding hydrogens is 240 g/mol. The number of aromatic nitrogens is 1. The molecule has 0 aliphatic carbocycles. The van der Waals surface area contributed by atoms with Crippen molar-refractivity contribution >= 4 is 5.82 Å². The summed E-state index contributed by atoms with van der Waals surface area (Å²) in [5.74, 6) is 1.86. The molecule has 0 unspecified atom stereocenters. The minimum atomic E-state index is 0.672. The second-order valence-corrected chi connectivity index (χ2v) is 4.73. The third-order valence-corrected chi connectivity index (χ3v) is 3.38. The molecule has 1 aromatic rings. The van der Waals surface area contributed by atoms with E-state index in [4.69, 9.17) is 10.5 Å². The Morgan fingerprint density at radius 1 is 1.32 bits per heavy atom. The third-order valence-electron chi connectivity index (χ3n) is 3.38. The average molecular weight is 264 g/mol. The maximum absolute atomic E-state index is 5.67. The Hall–Kier alpha value is -1.33. The summed E-state index contributed by atoms with van der Waals surface area (Å²) in [7, 11) is 0. The SMILES string of the molecule is CCOc1cccnc1N1CCCN(CCN)CC1. The molecule has 1 aliphatic rings. The van der Waals surface area contributed by atoms with Gasteiger partial charge < -0.3 is 20.3 Å². The van der Waals surface area contributed by atoms with Crippen LogP contribution in [0.3, 0.4) is 0 Å². The van der Waals surface area contributed by atoms with Gasteiger partial charge in [-0.05, 0) is 32.0 Å². The molecule has 19 heavy (non-hydrogen) atoms. The van der Waals surface area contributed by atoms with Gasteiger partial charge in [-0.2, -0.15) is 0 Å². The number of hydrogen-bond acceptors (Lipinski definition) is 5. The number of ether oxygens (including phenoxy) is 1. The summed E-state index contributed by atoms with van der Waals surface area (Å²) in [5, 5.41) is 0. The first-order chi connectivity index (χ1) is 9.35. The lowest BCUT2D eigenvalue weighted by Crippen LogP contribution is -2.34. The van der Waals surface area contributed by atoms with E-state index in [-0.39, 0.29) is 0 Å². The van der Waals surface area contributed by atoms with E-state index in [0.29, 0.717) is 6.61 Å². The van der Waals surface area contributed by atoms with Gasteiger partial charge >= 0.3 is 0 Å². The fourth-order valence-electron chi connectivity index (χ4n) is 2.48. The van der Waals surface area contributed by atoms with Crippen LogP contribution in [0.2, 0.25) is 0 Å². The molecule has 1 aromatic heterocycles. The van der Waals surface area contributed by atoms with Crippen molar-refractivity contribution in [3.63, 3.8) is 0 Å². The molecule has 2 rings (SSSR count). The predicted molar refractivity (Wildman–Crippen MR) is 77.7 cm³/mol. The van der Waals surface area contributed by atoms with Crippen LogP contribution in [0.25, 0.3) is 0 Å². The molecule has 0 bridgehead atoms. The normalized spacial score (nSPS) is 17.3. The second kappa shape index (κ2) is 7.31. The lowest BCUT2D eigenvalue weighted by molar-refractivity contribution is 0.301. The molecular formula is C14H24N4O. The molecule has 0 radical (unpaired) electrons. The van der Waals surface area contributed by atoms with Crippen LogP contribution in [0.1, 0.15) is 13.3 Å².